The maximum Gasteiger partial charge on any atom is 0.0877 e. The molecule has 11 heavy (non-hydrogen) atoms. The topological polar surface area (TPSA) is 27.6 Å². The summed E-state index contributed by atoms with van der Waals surface area (Å²) in [4.78, 5) is 0. The molecule has 0 aromatic rings. The van der Waals surface area contributed by atoms with Gasteiger partial charge in [-0.15, -0.1) is 0 Å². The van der Waals surface area contributed by atoms with Crippen LogP contribution in [0.4, 0.5) is 0 Å². The molecule has 0 saturated heterocycles. The smallest absolute Gasteiger partial charge is 0.0877 e. The molecule has 66 valence electrons. The van der Waals surface area contributed by atoms with E-state index in [9.17, 15) is 0 Å². The molecule has 0 bridgehead atoms. The molecule has 2 atom stereocenters. The molecule has 0 unspecified atom stereocenters. The number of hydrogen-bond acceptors (Lipinski definition) is 0. The second-order valence-electron chi connectivity index (χ2n) is 5.02. The Kier molecular flexibility index (Phi) is 2.58. The fourth-order valence-electron chi connectivity index (χ4n) is 2.35. The Morgan fingerprint density at radius 3 is 2.00 bits per heavy atom. The SMILES string of the molecule is CC(C)(C)[C@@H]1CCCC[C@H]1[NH3+]. The van der Waals surface area contributed by atoms with Crippen LogP contribution in [0.5, 0.6) is 0 Å². The average Bonchev–Trinajstić information content (AvgIpc) is 1.86. The minimum atomic E-state index is 0.479. The van der Waals surface area contributed by atoms with Gasteiger partial charge in [-0.25, -0.2) is 0 Å². The van der Waals surface area contributed by atoms with Gasteiger partial charge in [0.15, 0.2) is 0 Å². The van der Waals surface area contributed by atoms with Crippen molar-refractivity contribution in [3.05, 3.63) is 0 Å². The van der Waals surface area contributed by atoms with Gasteiger partial charge >= 0.3 is 0 Å². The third kappa shape index (κ3) is 2.19. The number of quaternary nitrogens is 1. The first-order valence-corrected chi connectivity index (χ1v) is 4.85. The van der Waals surface area contributed by atoms with Crippen LogP contribution in [-0.4, -0.2) is 6.04 Å². The van der Waals surface area contributed by atoms with Crippen molar-refractivity contribution in [2.45, 2.75) is 52.5 Å². The molecule has 1 rings (SSSR count). The van der Waals surface area contributed by atoms with Crippen LogP contribution in [0.25, 0.3) is 0 Å². The molecule has 3 N–H and O–H groups in total. The summed E-state index contributed by atoms with van der Waals surface area (Å²) < 4.78 is 0. The predicted molar refractivity (Wildman–Crippen MR) is 48.1 cm³/mol. The molecular weight excluding hydrogens is 134 g/mol. The van der Waals surface area contributed by atoms with E-state index in [1.165, 1.54) is 25.7 Å². The minimum absolute atomic E-state index is 0.479. The normalized spacial score (nSPS) is 33.8. The van der Waals surface area contributed by atoms with Crippen LogP contribution >= 0.6 is 0 Å². The van der Waals surface area contributed by atoms with Crippen LogP contribution in [0, 0.1) is 11.3 Å². The van der Waals surface area contributed by atoms with Crippen molar-refractivity contribution in [2.75, 3.05) is 0 Å². The van der Waals surface area contributed by atoms with E-state index < -0.39 is 0 Å². The molecule has 1 nitrogen and oxygen atoms in total. The van der Waals surface area contributed by atoms with Crippen molar-refractivity contribution in [3.8, 4) is 0 Å². The highest BCUT2D eigenvalue weighted by Crippen LogP contribution is 2.36. The summed E-state index contributed by atoms with van der Waals surface area (Å²) in [5, 5.41) is 0. The van der Waals surface area contributed by atoms with E-state index in [4.69, 9.17) is 0 Å². The van der Waals surface area contributed by atoms with Gasteiger partial charge in [0.2, 0.25) is 0 Å². The van der Waals surface area contributed by atoms with Crippen molar-refractivity contribution in [2.24, 2.45) is 11.3 Å². The van der Waals surface area contributed by atoms with Crippen LogP contribution < -0.4 is 5.73 Å². The molecule has 1 fully saturated rings. The first-order valence-electron chi connectivity index (χ1n) is 4.85. The Bertz CT molecular complexity index is 123. The molecule has 0 radical (unpaired) electrons. The summed E-state index contributed by atoms with van der Waals surface area (Å²) in [6, 6.07) is 0.712. The Morgan fingerprint density at radius 2 is 1.64 bits per heavy atom. The zero-order valence-electron chi connectivity index (χ0n) is 8.19. The Morgan fingerprint density at radius 1 is 1.09 bits per heavy atom. The van der Waals surface area contributed by atoms with E-state index in [0.29, 0.717) is 11.5 Å². The maximum atomic E-state index is 4.25. The highest BCUT2D eigenvalue weighted by Gasteiger charge is 2.34. The van der Waals surface area contributed by atoms with Crippen LogP contribution in [0.15, 0.2) is 0 Å². The molecule has 0 aromatic heterocycles. The maximum absolute atomic E-state index is 4.25. The molecule has 0 amide bonds. The molecule has 1 saturated carbocycles. The van der Waals surface area contributed by atoms with Crippen molar-refractivity contribution in [1.29, 1.82) is 0 Å². The van der Waals surface area contributed by atoms with Gasteiger partial charge in [-0.1, -0.05) is 27.2 Å². The highest BCUT2D eigenvalue weighted by atomic mass is 14.7. The Labute approximate surface area is 70.4 Å². The van der Waals surface area contributed by atoms with Crippen LogP contribution in [-0.2, 0) is 0 Å². The van der Waals surface area contributed by atoms with Crippen LogP contribution in [0.3, 0.4) is 0 Å². The van der Waals surface area contributed by atoms with Gasteiger partial charge in [0.05, 0.1) is 6.04 Å². The monoisotopic (exact) mass is 156 g/mol. The van der Waals surface area contributed by atoms with E-state index >= 15 is 0 Å². The average molecular weight is 156 g/mol. The van der Waals surface area contributed by atoms with Crippen LogP contribution in [0.2, 0.25) is 0 Å². The molecule has 0 spiro atoms. The van der Waals surface area contributed by atoms with Gasteiger partial charge in [0, 0.05) is 5.92 Å². The summed E-state index contributed by atoms with van der Waals surface area (Å²) in [5.41, 5.74) is 4.72. The Hall–Kier alpha value is -0.0400. The number of rotatable bonds is 0. The van der Waals surface area contributed by atoms with E-state index in [-0.39, 0.29) is 0 Å². The predicted octanol–water partition coefficient (Wildman–Crippen LogP) is 1.83. The van der Waals surface area contributed by atoms with E-state index in [2.05, 4.69) is 26.5 Å². The summed E-state index contributed by atoms with van der Waals surface area (Å²) in [5.74, 6) is 0.858. The van der Waals surface area contributed by atoms with E-state index in [0.717, 1.165) is 5.92 Å². The second-order valence-corrected chi connectivity index (χ2v) is 5.02. The van der Waals surface area contributed by atoms with Crippen molar-refractivity contribution in [1.82, 2.24) is 0 Å². The van der Waals surface area contributed by atoms with E-state index in [1.54, 1.807) is 0 Å². The van der Waals surface area contributed by atoms with Crippen molar-refractivity contribution in [3.63, 3.8) is 0 Å². The third-order valence-corrected chi connectivity index (χ3v) is 3.02. The summed E-state index contributed by atoms with van der Waals surface area (Å²) in [6.07, 6.45) is 5.58. The van der Waals surface area contributed by atoms with Gasteiger partial charge < -0.3 is 5.73 Å². The summed E-state index contributed by atoms with van der Waals surface area (Å²) in [6.45, 7) is 7.05. The quantitative estimate of drug-likeness (QED) is 0.554. The molecule has 1 heteroatoms. The lowest BCUT2D eigenvalue weighted by atomic mass is 9.70. The van der Waals surface area contributed by atoms with Gasteiger partial charge in [-0.05, 0) is 24.7 Å². The van der Waals surface area contributed by atoms with Gasteiger partial charge in [-0.2, -0.15) is 0 Å². The van der Waals surface area contributed by atoms with Gasteiger partial charge in [0.25, 0.3) is 0 Å². The van der Waals surface area contributed by atoms with E-state index in [1.807, 2.05) is 0 Å². The zero-order valence-corrected chi connectivity index (χ0v) is 8.19. The Balaban J connectivity index is 2.55. The van der Waals surface area contributed by atoms with Crippen molar-refractivity contribution >= 4 is 0 Å². The van der Waals surface area contributed by atoms with Crippen molar-refractivity contribution < 1.29 is 5.73 Å². The van der Waals surface area contributed by atoms with Crippen LogP contribution in [0.1, 0.15) is 46.5 Å². The fourth-order valence-corrected chi connectivity index (χ4v) is 2.35. The summed E-state index contributed by atoms with van der Waals surface area (Å²) >= 11 is 0. The molecule has 0 aliphatic heterocycles. The lowest BCUT2D eigenvalue weighted by molar-refractivity contribution is -0.444. The third-order valence-electron chi connectivity index (χ3n) is 3.02. The first kappa shape index (κ1) is 9.05. The summed E-state index contributed by atoms with van der Waals surface area (Å²) in [7, 11) is 0. The first-order chi connectivity index (χ1) is 5.02. The molecule has 1 aliphatic rings. The number of hydrogen-bond donors (Lipinski definition) is 1. The highest BCUT2D eigenvalue weighted by molar-refractivity contribution is 4.82. The zero-order chi connectivity index (χ0) is 8.48. The largest absolute Gasteiger partial charge is 0.355 e. The molecular formula is C10H22N+. The molecule has 0 heterocycles. The molecule has 0 aromatic carbocycles. The lowest BCUT2D eigenvalue weighted by Gasteiger charge is -2.36. The van der Waals surface area contributed by atoms with Gasteiger partial charge in [-0.3, -0.25) is 0 Å². The minimum Gasteiger partial charge on any atom is -0.355 e. The fraction of sp³-hybridized carbons (Fsp3) is 1.00. The standard InChI is InChI=1S/C10H21N/c1-10(2,3)8-6-4-5-7-9(8)11/h8-9H,4-7,11H2,1-3H3/p+1/t8-,9-/m1/s1. The molecule has 1 aliphatic carbocycles. The van der Waals surface area contributed by atoms with Gasteiger partial charge in [0.1, 0.15) is 0 Å². The lowest BCUT2D eigenvalue weighted by Crippen LogP contribution is -2.67. The second kappa shape index (κ2) is 3.14.